The summed E-state index contributed by atoms with van der Waals surface area (Å²) < 4.78 is 28.9. The summed E-state index contributed by atoms with van der Waals surface area (Å²) in [5, 5.41) is 1.96. The van der Waals surface area contributed by atoms with Gasteiger partial charge in [0.2, 0.25) is 0 Å². The molecule has 11 heteroatoms. The second-order valence-corrected chi connectivity index (χ2v) is 12.6. The van der Waals surface area contributed by atoms with Gasteiger partial charge in [0.1, 0.15) is 4.21 Å². The van der Waals surface area contributed by atoms with Gasteiger partial charge in [0, 0.05) is 60.3 Å². The summed E-state index contributed by atoms with van der Waals surface area (Å²) in [6, 6.07) is 7.06. The molecule has 0 aliphatic carbocycles. The van der Waals surface area contributed by atoms with E-state index in [4.69, 9.17) is 11.6 Å². The van der Waals surface area contributed by atoms with Crippen LogP contribution in [-0.4, -0.2) is 73.2 Å². The quantitative estimate of drug-likeness (QED) is 0.557. The molecule has 31 heavy (non-hydrogen) atoms. The number of thiazole rings is 1. The molecule has 1 fully saturated rings. The molecule has 2 aliphatic rings. The van der Waals surface area contributed by atoms with Crippen LogP contribution in [0, 0.1) is 0 Å². The number of aromatic nitrogens is 1. The van der Waals surface area contributed by atoms with Crippen molar-refractivity contribution in [3.05, 3.63) is 44.9 Å². The highest BCUT2D eigenvalue weighted by molar-refractivity contribution is 7.91. The van der Waals surface area contributed by atoms with Gasteiger partial charge in [-0.25, -0.2) is 13.4 Å². The standard InChI is InChI=1S/C20H21ClN4O3S3/c1-23-5-4-15-17(12-23)30-19(22-15)20(26)24-6-8-25(9-7-24)31(27,28)18-10-13-2-3-14(21)11-16(13)29-18/h2-3,10-11H,4-9,12H2,1H3. The molecule has 1 amide bonds. The molecule has 164 valence electrons. The Morgan fingerprint density at radius 1 is 1.10 bits per heavy atom. The normalized spacial score (nSPS) is 18.5. The number of sulfonamides is 1. The van der Waals surface area contributed by atoms with Crippen molar-refractivity contribution in [2.45, 2.75) is 17.2 Å². The van der Waals surface area contributed by atoms with Crippen LogP contribution in [0.4, 0.5) is 0 Å². The molecule has 2 aliphatic heterocycles. The lowest BCUT2D eigenvalue weighted by Crippen LogP contribution is -2.50. The maximum atomic E-state index is 13.1. The summed E-state index contributed by atoms with van der Waals surface area (Å²) in [6.45, 7) is 3.04. The van der Waals surface area contributed by atoms with Crippen LogP contribution in [-0.2, 0) is 23.0 Å². The molecule has 4 heterocycles. The van der Waals surface area contributed by atoms with Crippen LogP contribution in [0.1, 0.15) is 20.4 Å². The first-order chi connectivity index (χ1) is 14.8. The highest BCUT2D eigenvalue weighted by Crippen LogP contribution is 2.33. The lowest BCUT2D eigenvalue weighted by Gasteiger charge is -2.33. The van der Waals surface area contributed by atoms with E-state index in [-0.39, 0.29) is 19.0 Å². The first-order valence-corrected chi connectivity index (χ1v) is 13.4. The average molecular weight is 497 g/mol. The number of piperazine rings is 1. The van der Waals surface area contributed by atoms with Crippen molar-refractivity contribution >= 4 is 60.3 Å². The summed E-state index contributed by atoms with van der Waals surface area (Å²) in [4.78, 5) is 22.6. The van der Waals surface area contributed by atoms with Gasteiger partial charge < -0.3 is 9.80 Å². The Morgan fingerprint density at radius 3 is 2.65 bits per heavy atom. The molecule has 0 radical (unpaired) electrons. The number of hydrogen-bond acceptors (Lipinski definition) is 7. The molecule has 7 nitrogen and oxygen atoms in total. The number of hydrogen-bond donors (Lipinski definition) is 0. The topological polar surface area (TPSA) is 73.8 Å². The van der Waals surface area contributed by atoms with E-state index in [0.717, 1.165) is 40.2 Å². The zero-order valence-electron chi connectivity index (χ0n) is 16.9. The highest BCUT2D eigenvalue weighted by atomic mass is 35.5. The molecular formula is C20H21ClN4O3S3. The van der Waals surface area contributed by atoms with Crippen LogP contribution < -0.4 is 0 Å². The molecule has 0 saturated carbocycles. The maximum absolute atomic E-state index is 13.1. The average Bonchev–Trinajstić information content (AvgIpc) is 3.37. The van der Waals surface area contributed by atoms with E-state index >= 15 is 0 Å². The monoisotopic (exact) mass is 496 g/mol. The second kappa shape index (κ2) is 8.09. The number of nitrogens with zero attached hydrogens (tertiary/aromatic N) is 4. The summed E-state index contributed by atoms with van der Waals surface area (Å²) in [6.07, 6.45) is 0.863. The molecular weight excluding hydrogens is 476 g/mol. The number of halogens is 1. The Balaban J connectivity index is 1.28. The number of carbonyl (C=O) groups is 1. The smallest absolute Gasteiger partial charge is 0.282 e. The van der Waals surface area contributed by atoms with Gasteiger partial charge in [-0.15, -0.1) is 22.7 Å². The van der Waals surface area contributed by atoms with Crippen LogP contribution in [0.15, 0.2) is 28.5 Å². The van der Waals surface area contributed by atoms with E-state index in [1.54, 1.807) is 23.1 Å². The van der Waals surface area contributed by atoms with E-state index < -0.39 is 10.0 Å². The zero-order valence-corrected chi connectivity index (χ0v) is 20.1. The molecule has 0 unspecified atom stereocenters. The third kappa shape index (κ3) is 4.01. The van der Waals surface area contributed by atoms with Crippen molar-refractivity contribution in [1.82, 2.24) is 19.1 Å². The minimum atomic E-state index is -3.61. The van der Waals surface area contributed by atoms with Gasteiger partial charge in [0.25, 0.3) is 15.9 Å². The van der Waals surface area contributed by atoms with Crippen molar-refractivity contribution in [3.8, 4) is 0 Å². The third-order valence-corrected chi connectivity index (χ3v) is 10.4. The fraction of sp³-hybridized carbons (Fsp3) is 0.400. The Kier molecular flexibility index (Phi) is 5.56. The van der Waals surface area contributed by atoms with Gasteiger partial charge >= 0.3 is 0 Å². The van der Waals surface area contributed by atoms with Crippen LogP contribution >= 0.6 is 34.3 Å². The highest BCUT2D eigenvalue weighted by Gasteiger charge is 2.33. The predicted molar refractivity (Wildman–Crippen MR) is 124 cm³/mol. The molecule has 3 aromatic rings. The zero-order chi connectivity index (χ0) is 21.8. The number of likely N-dealkylation sites (N-methyl/N-ethyl adjacent to an activating group) is 1. The van der Waals surface area contributed by atoms with Crippen molar-refractivity contribution in [1.29, 1.82) is 0 Å². The molecule has 0 bridgehead atoms. The van der Waals surface area contributed by atoms with E-state index in [2.05, 4.69) is 16.9 Å². The molecule has 1 saturated heterocycles. The fourth-order valence-corrected chi connectivity index (χ4v) is 8.32. The van der Waals surface area contributed by atoms with Gasteiger partial charge in [-0.3, -0.25) is 4.79 Å². The lowest BCUT2D eigenvalue weighted by molar-refractivity contribution is 0.0697. The molecule has 0 atom stereocenters. The van der Waals surface area contributed by atoms with Crippen LogP contribution in [0.2, 0.25) is 5.02 Å². The maximum Gasteiger partial charge on any atom is 0.282 e. The van der Waals surface area contributed by atoms with E-state index in [0.29, 0.717) is 27.3 Å². The predicted octanol–water partition coefficient (Wildman–Crippen LogP) is 3.15. The minimum absolute atomic E-state index is 0.101. The van der Waals surface area contributed by atoms with E-state index in [9.17, 15) is 13.2 Å². The lowest BCUT2D eigenvalue weighted by atomic mass is 10.2. The molecule has 1 aromatic carbocycles. The van der Waals surface area contributed by atoms with E-state index in [1.165, 1.54) is 27.0 Å². The van der Waals surface area contributed by atoms with Crippen molar-refractivity contribution in [2.24, 2.45) is 0 Å². The van der Waals surface area contributed by atoms with Gasteiger partial charge in [-0.2, -0.15) is 4.31 Å². The molecule has 2 aromatic heterocycles. The Bertz CT molecular complexity index is 1260. The number of carbonyl (C=O) groups excluding carboxylic acids is 1. The van der Waals surface area contributed by atoms with Crippen LogP contribution in [0.3, 0.4) is 0 Å². The number of amides is 1. The molecule has 0 N–H and O–H groups in total. The van der Waals surface area contributed by atoms with Crippen molar-refractivity contribution in [3.63, 3.8) is 0 Å². The van der Waals surface area contributed by atoms with Gasteiger partial charge in [0.05, 0.1) is 5.69 Å². The Morgan fingerprint density at radius 2 is 1.87 bits per heavy atom. The molecule has 0 spiro atoms. The van der Waals surface area contributed by atoms with Gasteiger partial charge in [0.15, 0.2) is 5.01 Å². The van der Waals surface area contributed by atoms with Crippen molar-refractivity contribution in [2.75, 3.05) is 39.8 Å². The second-order valence-electron chi connectivity index (χ2n) is 7.82. The number of benzene rings is 1. The summed E-state index contributed by atoms with van der Waals surface area (Å²) in [5.41, 5.74) is 1.03. The number of thiophene rings is 1. The molecule has 5 rings (SSSR count). The first-order valence-electron chi connectivity index (χ1n) is 9.97. The van der Waals surface area contributed by atoms with Crippen LogP contribution in [0.25, 0.3) is 10.1 Å². The minimum Gasteiger partial charge on any atom is -0.334 e. The third-order valence-electron chi connectivity index (χ3n) is 5.68. The largest absolute Gasteiger partial charge is 0.334 e. The van der Waals surface area contributed by atoms with Gasteiger partial charge in [-0.05, 0) is 30.6 Å². The van der Waals surface area contributed by atoms with Crippen LogP contribution in [0.5, 0.6) is 0 Å². The van der Waals surface area contributed by atoms with Gasteiger partial charge in [-0.1, -0.05) is 17.7 Å². The fourth-order valence-electron chi connectivity index (χ4n) is 3.92. The van der Waals surface area contributed by atoms with Crippen molar-refractivity contribution < 1.29 is 13.2 Å². The SMILES string of the molecule is CN1CCc2nc(C(=O)N3CCN(S(=O)(=O)c4cc5ccc(Cl)cc5s4)CC3)sc2C1. The number of fused-ring (bicyclic) bond motifs is 2. The Hall–Kier alpha value is -1.56. The summed E-state index contributed by atoms with van der Waals surface area (Å²) in [7, 11) is -1.54. The summed E-state index contributed by atoms with van der Waals surface area (Å²) >= 11 is 8.72. The summed E-state index contributed by atoms with van der Waals surface area (Å²) in [5.74, 6) is -0.101. The van der Waals surface area contributed by atoms with E-state index in [1.807, 2.05) is 6.07 Å². The first kappa shape index (κ1) is 21.3. The Labute approximate surface area is 193 Å². The number of rotatable bonds is 3.